The van der Waals surface area contributed by atoms with Crippen LogP contribution in [0.2, 0.25) is 0 Å². The lowest BCUT2D eigenvalue weighted by Crippen LogP contribution is -2.17. The lowest BCUT2D eigenvalue weighted by molar-refractivity contribution is 0.369. The molecule has 0 aliphatic rings. The highest BCUT2D eigenvalue weighted by Crippen LogP contribution is 2.01. The molecular weight excluding hydrogens is 220 g/mol. The molecule has 0 N–H and O–H groups in total. The second-order valence-electron chi connectivity index (χ2n) is 4.17. The van der Waals surface area contributed by atoms with Crippen LogP contribution in [0.15, 0.2) is 54.7 Å². The van der Waals surface area contributed by atoms with Crippen LogP contribution in [0.3, 0.4) is 0 Å². The predicted molar refractivity (Wildman–Crippen MR) is 73.9 cm³/mol. The van der Waals surface area contributed by atoms with Gasteiger partial charge in [0.05, 0.1) is 6.54 Å². The van der Waals surface area contributed by atoms with Gasteiger partial charge in [-0.1, -0.05) is 42.3 Å². The van der Waals surface area contributed by atoms with Crippen molar-refractivity contribution in [2.75, 3.05) is 13.6 Å². The minimum atomic E-state index is 0.742. The van der Waals surface area contributed by atoms with Crippen LogP contribution in [0.4, 0.5) is 0 Å². The summed E-state index contributed by atoms with van der Waals surface area (Å²) in [5.41, 5.74) is 2.13. The van der Waals surface area contributed by atoms with Gasteiger partial charge >= 0.3 is 0 Å². The summed E-state index contributed by atoms with van der Waals surface area (Å²) in [5, 5.41) is 0. The zero-order valence-corrected chi connectivity index (χ0v) is 10.5. The maximum absolute atomic E-state index is 4.17. The Morgan fingerprint density at radius 3 is 2.56 bits per heavy atom. The molecule has 0 unspecified atom stereocenters. The minimum absolute atomic E-state index is 0.742. The zero-order chi connectivity index (χ0) is 12.6. The molecule has 0 radical (unpaired) electrons. The summed E-state index contributed by atoms with van der Waals surface area (Å²) >= 11 is 0. The molecule has 0 saturated carbocycles. The standard InChI is InChI=1S/C16H16N2/c1-18(14-15-8-3-2-4-9-15)13-7-11-16-10-5-6-12-17-16/h2-6,8-10,12H,13-14H2,1H3. The van der Waals surface area contributed by atoms with Crippen LogP contribution >= 0.6 is 0 Å². The van der Waals surface area contributed by atoms with E-state index in [0.717, 1.165) is 18.8 Å². The Kier molecular flexibility index (Phi) is 4.52. The van der Waals surface area contributed by atoms with Crippen LogP contribution in [0.5, 0.6) is 0 Å². The van der Waals surface area contributed by atoms with Crippen molar-refractivity contribution in [1.29, 1.82) is 0 Å². The number of rotatable bonds is 3. The van der Waals surface area contributed by atoms with Crippen LogP contribution in [-0.2, 0) is 6.54 Å². The summed E-state index contributed by atoms with van der Waals surface area (Å²) < 4.78 is 0. The fourth-order valence-electron chi connectivity index (χ4n) is 1.65. The van der Waals surface area contributed by atoms with Crippen molar-refractivity contribution >= 4 is 0 Å². The molecule has 2 aromatic rings. The topological polar surface area (TPSA) is 16.1 Å². The van der Waals surface area contributed by atoms with Crippen molar-refractivity contribution in [3.8, 4) is 11.8 Å². The van der Waals surface area contributed by atoms with Crippen LogP contribution in [0, 0.1) is 11.8 Å². The van der Waals surface area contributed by atoms with E-state index in [9.17, 15) is 0 Å². The van der Waals surface area contributed by atoms with Crippen molar-refractivity contribution in [3.05, 3.63) is 66.0 Å². The first kappa shape index (κ1) is 12.3. The summed E-state index contributed by atoms with van der Waals surface area (Å²) in [6, 6.07) is 16.2. The van der Waals surface area contributed by atoms with Gasteiger partial charge in [0.15, 0.2) is 0 Å². The second kappa shape index (κ2) is 6.58. The Bertz CT molecular complexity index is 523. The number of hydrogen-bond donors (Lipinski definition) is 0. The van der Waals surface area contributed by atoms with Crippen molar-refractivity contribution in [3.63, 3.8) is 0 Å². The molecule has 0 fully saturated rings. The third-order valence-electron chi connectivity index (χ3n) is 2.53. The van der Waals surface area contributed by atoms with Crippen molar-refractivity contribution in [2.24, 2.45) is 0 Å². The van der Waals surface area contributed by atoms with E-state index in [1.807, 2.05) is 24.3 Å². The van der Waals surface area contributed by atoms with Gasteiger partial charge < -0.3 is 0 Å². The average molecular weight is 236 g/mol. The number of benzene rings is 1. The first-order valence-corrected chi connectivity index (χ1v) is 5.97. The maximum atomic E-state index is 4.17. The normalized spacial score (nSPS) is 9.89. The van der Waals surface area contributed by atoms with E-state index in [1.165, 1.54) is 5.56 Å². The molecule has 18 heavy (non-hydrogen) atoms. The third-order valence-corrected chi connectivity index (χ3v) is 2.53. The molecule has 2 rings (SSSR count). The summed E-state index contributed by atoms with van der Waals surface area (Å²) in [5.74, 6) is 6.19. The number of nitrogens with zero attached hydrogens (tertiary/aromatic N) is 2. The average Bonchev–Trinajstić information content (AvgIpc) is 2.41. The third kappa shape index (κ3) is 4.04. The Hall–Kier alpha value is -2.11. The fourth-order valence-corrected chi connectivity index (χ4v) is 1.65. The number of aromatic nitrogens is 1. The van der Waals surface area contributed by atoms with Gasteiger partial charge in [-0.2, -0.15) is 0 Å². The summed E-state index contributed by atoms with van der Waals surface area (Å²) in [7, 11) is 2.07. The van der Waals surface area contributed by atoms with Gasteiger partial charge in [0, 0.05) is 12.7 Å². The molecular formula is C16H16N2. The second-order valence-corrected chi connectivity index (χ2v) is 4.17. The van der Waals surface area contributed by atoms with Crippen molar-refractivity contribution < 1.29 is 0 Å². The SMILES string of the molecule is CN(CC#Cc1ccccn1)Cc1ccccc1. The molecule has 2 nitrogen and oxygen atoms in total. The van der Waals surface area contributed by atoms with E-state index in [-0.39, 0.29) is 0 Å². The highest BCUT2D eigenvalue weighted by molar-refractivity contribution is 5.27. The molecule has 1 aromatic heterocycles. The molecule has 0 spiro atoms. The minimum Gasteiger partial charge on any atom is -0.291 e. The highest BCUT2D eigenvalue weighted by Gasteiger charge is 1.96. The first-order valence-electron chi connectivity index (χ1n) is 5.97. The Labute approximate surface area is 108 Å². The summed E-state index contributed by atoms with van der Waals surface area (Å²) in [4.78, 5) is 6.35. The molecule has 0 aliphatic carbocycles. The number of hydrogen-bond acceptors (Lipinski definition) is 2. The van der Waals surface area contributed by atoms with Crippen LogP contribution < -0.4 is 0 Å². The summed E-state index contributed by atoms with van der Waals surface area (Å²) in [6.45, 7) is 1.66. The van der Waals surface area contributed by atoms with Gasteiger partial charge in [-0.05, 0) is 30.7 Å². The van der Waals surface area contributed by atoms with Gasteiger partial charge in [-0.25, -0.2) is 4.98 Å². The van der Waals surface area contributed by atoms with E-state index in [1.54, 1.807) is 6.20 Å². The van der Waals surface area contributed by atoms with Crippen LogP contribution in [0.1, 0.15) is 11.3 Å². The van der Waals surface area contributed by atoms with Crippen LogP contribution in [-0.4, -0.2) is 23.5 Å². The highest BCUT2D eigenvalue weighted by atomic mass is 15.1. The monoisotopic (exact) mass is 236 g/mol. The lowest BCUT2D eigenvalue weighted by Gasteiger charge is -2.12. The maximum Gasteiger partial charge on any atom is 0.113 e. The molecule has 0 bridgehead atoms. The predicted octanol–water partition coefficient (Wildman–Crippen LogP) is 2.57. The van der Waals surface area contributed by atoms with Gasteiger partial charge in [-0.3, -0.25) is 4.90 Å². The van der Waals surface area contributed by atoms with E-state index in [0.29, 0.717) is 0 Å². The smallest absolute Gasteiger partial charge is 0.113 e. The number of pyridine rings is 1. The van der Waals surface area contributed by atoms with Gasteiger partial charge in [0.25, 0.3) is 0 Å². The zero-order valence-electron chi connectivity index (χ0n) is 10.5. The molecule has 0 atom stereocenters. The van der Waals surface area contributed by atoms with Crippen molar-refractivity contribution in [1.82, 2.24) is 9.88 Å². The lowest BCUT2D eigenvalue weighted by atomic mass is 10.2. The van der Waals surface area contributed by atoms with Gasteiger partial charge in [0.1, 0.15) is 5.69 Å². The molecule has 90 valence electrons. The summed E-state index contributed by atoms with van der Waals surface area (Å²) in [6.07, 6.45) is 1.76. The molecule has 0 amide bonds. The van der Waals surface area contributed by atoms with Crippen molar-refractivity contribution in [2.45, 2.75) is 6.54 Å². The van der Waals surface area contributed by atoms with E-state index >= 15 is 0 Å². The molecule has 0 aliphatic heterocycles. The van der Waals surface area contributed by atoms with E-state index in [4.69, 9.17) is 0 Å². The molecule has 1 aromatic carbocycles. The molecule has 1 heterocycles. The molecule has 2 heteroatoms. The van der Waals surface area contributed by atoms with Gasteiger partial charge in [0.2, 0.25) is 0 Å². The first-order chi connectivity index (χ1) is 8.84. The quantitative estimate of drug-likeness (QED) is 0.761. The van der Waals surface area contributed by atoms with Gasteiger partial charge in [-0.15, -0.1) is 0 Å². The molecule has 0 saturated heterocycles. The largest absolute Gasteiger partial charge is 0.291 e. The Morgan fingerprint density at radius 2 is 1.83 bits per heavy atom. The fraction of sp³-hybridized carbons (Fsp3) is 0.188. The van der Waals surface area contributed by atoms with E-state index in [2.05, 4.69) is 53.0 Å². The van der Waals surface area contributed by atoms with E-state index < -0.39 is 0 Å². The Balaban J connectivity index is 1.86. The van der Waals surface area contributed by atoms with Crippen LogP contribution in [0.25, 0.3) is 0 Å². The Morgan fingerprint density at radius 1 is 1.06 bits per heavy atom.